The molecule has 0 aliphatic carbocycles. The predicted molar refractivity (Wildman–Crippen MR) is 96.2 cm³/mol. The summed E-state index contributed by atoms with van der Waals surface area (Å²) in [7, 11) is 1.12. The molecule has 2 N–H and O–H groups in total. The Kier molecular flexibility index (Phi) is 5.21. The molecule has 3 rings (SSSR count). The fourth-order valence-electron chi connectivity index (χ4n) is 2.50. The second-order valence-corrected chi connectivity index (χ2v) is 5.57. The van der Waals surface area contributed by atoms with Gasteiger partial charge in [-0.15, -0.1) is 0 Å². The molecule has 1 heterocycles. The highest BCUT2D eigenvalue weighted by Crippen LogP contribution is 2.28. The molecular formula is C18H14FN3O6. The van der Waals surface area contributed by atoms with Gasteiger partial charge in [-0.25, -0.2) is 14.2 Å². The molecule has 10 heteroatoms. The van der Waals surface area contributed by atoms with Crippen LogP contribution < -0.4 is 4.74 Å². The summed E-state index contributed by atoms with van der Waals surface area (Å²) in [6.45, 7) is -0.647. The number of carbonyl (C=O) groups is 1. The van der Waals surface area contributed by atoms with Gasteiger partial charge in [-0.1, -0.05) is 12.1 Å². The summed E-state index contributed by atoms with van der Waals surface area (Å²) in [5.74, 6) is -2.61. The standard InChI is InChI=1S/C18H14FN3O6/c1-27-18(24)16(17-20-11-4-2-3-5-12(11)21-17)14(23)9-28-15-8-10(19)6-7-13(15)22(25)26/h2-8,23H,9H2,1H3,(H,20,21)/b16-14+. The maximum absolute atomic E-state index is 13.4. The number of halogens is 1. The van der Waals surface area contributed by atoms with Crippen molar-refractivity contribution in [2.24, 2.45) is 0 Å². The number of fused-ring (bicyclic) bond motifs is 1. The number of aliphatic hydroxyl groups is 1. The molecule has 2 aromatic carbocycles. The van der Waals surface area contributed by atoms with E-state index in [9.17, 15) is 24.4 Å². The second kappa shape index (κ2) is 7.74. The summed E-state index contributed by atoms with van der Waals surface area (Å²) in [6, 6.07) is 9.60. The first kappa shape index (κ1) is 18.8. The highest BCUT2D eigenvalue weighted by molar-refractivity contribution is 6.16. The van der Waals surface area contributed by atoms with E-state index in [4.69, 9.17) is 4.74 Å². The molecule has 0 bridgehead atoms. The average molecular weight is 387 g/mol. The molecule has 0 atom stereocenters. The zero-order chi connectivity index (χ0) is 20.3. The minimum atomic E-state index is -0.895. The largest absolute Gasteiger partial charge is 0.508 e. The van der Waals surface area contributed by atoms with E-state index in [-0.39, 0.29) is 11.4 Å². The Morgan fingerprint density at radius 1 is 1.32 bits per heavy atom. The molecule has 0 unspecified atom stereocenters. The van der Waals surface area contributed by atoms with Gasteiger partial charge in [0.1, 0.15) is 29.6 Å². The van der Waals surface area contributed by atoms with E-state index >= 15 is 0 Å². The second-order valence-electron chi connectivity index (χ2n) is 5.57. The SMILES string of the molecule is COC(=O)/C(=C(/O)COc1cc(F)ccc1[N+](=O)[O-])c1nc2ccccc2[nH]1. The number of benzene rings is 2. The van der Waals surface area contributed by atoms with E-state index in [1.54, 1.807) is 24.3 Å². The van der Waals surface area contributed by atoms with Crippen molar-refractivity contribution in [3.8, 4) is 5.75 Å². The van der Waals surface area contributed by atoms with E-state index in [2.05, 4.69) is 14.7 Å². The van der Waals surface area contributed by atoms with Crippen molar-refractivity contribution < 1.29 is 28.7 Å². The number of rotatable bonds is 6. The topological polar surface area (TPSA) is 128 Å². The highest BCUT2D eigenvalue weighted by Gasteiger charge is 2.23. The number of aliphatic hydroxyl groups excluding tert-OH is 1. The van der Waals surface area contributed by atoms with Crippen LogP contribution in [0.5, 0.6) is 5.75 Å². The van der Waals surface area contributed by atoms with Crippen molar-refractivity contribution in [3.63, 3.8) is 0 Å². The summed E-state index contributed by atoms with van der Waals surface area (Å²) in [5, 5.41) is 21.4. The molecule has 0 radical (unpaired) electrons. The summed E-state index contributed by atoms with van der Waals surface area (Å²) in [6.07, 6.45) is 0. The third kappa shape index (κ3) is 3.75. The number of hydrogen-bond acceptors (Lipinski definition) is 7. The minimum absolute atomic E-state index is 0.0305. The third-order valence-corrected chi connectivity index (χ3v) is 3.79. The number of aromatic nitrogens is 2. The Balaban J connectivity index is 1.96. The monoisotopic (exact) mass is 387 g/mol. The van der Waals surface area contributed by atoms with Crippen LogP contribution in [0.3, 0.4) is 0 Å². The lowest BCUT2D eigenvalue weighted by Gasteiger charge is -2.09. The molecule has 144 valence electrons. The molecule has 0 saturated carbocycles. The third-order valence-electron chi connectivity index (χ3n) is 3.79. The lowest BCUT2D eigenvalue weighted by atomic mass is 10.2. The number of H-pyrrole nitrogens is 1. The number of nitro benzene ring substituents is 1. The molecule has 28 heavy (non-hydrogen) atoms. The fourth-order valence-corrected chi connectivity index (χ4v) is 2.50. The van der Waals surface area contributed by atoms with Gasteiger partial charge in [0.05, 0.1) is 23.1 Å². The maximum Gasteiger partial charge on any atom is 0.345 e. The Labute approximate surface area is 157 Å². The molecule has 1 aromatic heterocycles. The number of nitrogens with one attached hydrogen (secondary N) is 1. The van der Waals surface area contributed by atoms with E-state index in [0.717, 1.165) is 25.3 Å². The van der Waals surface area contributed by atoms with Gasteiger partial charge in [0.15, 0.2) is 5.75 Å². The lowest BCUT2D eigenvalue weighted by molar-refractivity contribution is -0.385. The molecule has 9 nitrogen and oxygen atoms in total. The number of esters is 1. The zero-order valence-electron chi connectivity index (χ0n) is 14.5. The molecule has 0 aliphatic heterocycles. The van der Waals surface area contributed by atoms with Crippen LogP contribution >= 0.6 is 0 Å². The minimum Gasteiger partial charge on any atom is -0.508 e. The number of aromatic amines is 1. The summed E-state index contributed by atoms with van der Waals surface area (Å²) < 4.78 is 23.2. The number of para-hydroxylation sites is 2. The Hall–Kier alpha value is -3.95. The van der Waals surface area contributed by atoms with Gasteiger partial charge >= 0.3 is 11.7 Å². The van der Waals surface area contributed by atoms with Crippen LogP contribution in [-0.2, 0) is 9.53 Å². The van der Waals surface area contributed by atoms with Crippen molar-refractivity contribution in [1.82, 2.24) is 9.97 Å². The Bertz CT molecular complexity index is 1060. The van der Waals surface area contributed by atoms with Crippen molar-refractivity contribution in [1.29, 1.82) is 0 Å². The first-order valence-corrected chi connectivity index (χ1v) is 7.93. The van der Waals surface area contributed by atoms with Crippen molar-refractivity contribution in [2.45, 2.75) is 0 Å². The molecule has 0 spiro atoms. The average Bonchev–Trinajstić information content (AvgIpc) is 3.09. The lowest BCUT2D eigenvalue weighted by Crippen LogP contribution is -2.13. The van der Waals surface area contributed by atoms with Crippen LogP contribution in [0, 0.1) is 15.9 Å². The van der Waals surface area contributed by atoms with Gasteiger partial charge in [-0.05, 0) is 18.2 Å². The normalized spacial score (nSPS) is 11.8. The number of nitro groups is 1. The van der Waals surface area contributed by atoms with E-state index in [1.165, 1.54) is 0 Å². The highest BCUT2D eigenvalue weighted by atomic mass is 19.1. The van der Waals surface area contributed by atoms with Crippen molar-refractivity contribution in [2.75, 3.05) is 13.7 Å². The molecule has 3 aromatic rings. The van der Waals surface area contributed by atoms with Gasteiger partial charge in [0.25, 0.3) is 0 Å². The smallest absolute Gasteiger partial charge is 0.345 e. The predicted octanol–water partition coefficient (Wildman–Crippen LogP) is 3.13. The number of nitrogens with zero attached hydrogens (tertiary/aromatic N) is 2. The maximum atomic E-state index is 13.4. The quantitative estimate of drug-likeness (QED) is 0.219. The van der Waals surface area contributed by atoms with Crippen LogP contribution in [-0.4, -0.2) is 39.7 Å². The first-order valence-electron chi connectivity index (χ1n) is 7.93. The van der Waals surface area contributed by atoms with Gasteiger partial charge in [0, 0.05) is 12.1 Å². The molecule has 0 saturated heterocycles. The molecule has 0 amide bonds. The van der Waals surface area contributed by atoms with Crippen molar-refractivity contribution in [3.05, 3.63) is 70.0 Å². The zero-order valence-corrected chi connectivity index (χ0v) is 14.5. The summed E-state index contributed by atoms with van der Waals surface area (Å²) in [4.78, 5) is 29.5. The molecule has 0 aliphatic rings. The number of hydrogen-bond donors (Lipinski definition) is 2. The molecule has 0 fully saturated rings. The van der Waals surface area contributed by atoms with Crippen LogP contribution in [0.15, 0.2) is 48.2 Å². The molecular weight excluding hydrogens is 373 g/mol. The summed E-state index contributed by atoms with van der Waals surface area (Å²) in [5.41, 5.74) is 0.372. The van der Waals surface area contributed by atoms with Crippen molar-refractivity contribution >= 4 is 28.3 Å². The van der Waals surface area contributed by atoms with Gasteiger partial charge in [-0.2, -0.15) is 0 Å². The van der Waals surface area contributed by atoms with Crippen LogP contribution in [0.4, 0.5) is 10.1 Å². The van der Waals surface area contributed by atoms with E-state index in [1.807, 2.05) is 0 Å². The van der Waals surface area contributed by atoms with E-state index < -0.39 is 40.5 Å². The first-order chi connectivity index (χ1) is 13.4. The summed E-state index contributed by atoms with van der Waals surface area (Å²) >= 11 is 0. The van der Waals surface area contributed by atoms with E-state index in [0.29, 0.717) is 11.0 Å². The number of ether oxygens (including phenoxy) is 2. The van der Waals surface area contributed by atoms with Gasteiger partial charge in [0.2, 0.25) is 0 Å². The number of carbonyl (C=O) groups excluding carboxylic acids is 1. The van der Waals surface area contributed by atoms with Gasteiger partial charge < -0.3 is 19.6 Å². The number of methoxy groups -OCH3 is 1. The van der Waals surface area contributed by atoms with Crippen LogP contribution in [0.25, 0.3) is 16.6 Å². The van der Waals surface area contributed by atoms with Crippen LogP contribution in [0.2, 0.25) is 0 Å². The van der Waals surface area contributed by atoms with Gasteiger partial charge in [-0.3, -0.25) is 10.1 Å². The Morgan fingerprint density at radius 3 is 2.75 bits per heavy atom. The number of imidazole rings is 1. The Morgan fingerprint density at radius 2 is 2.07 bits per heavy atom. The fraction of sp³-hybridized carbons (Fsp3) is 0.111. The van der Waals surface area contributed by atoms with Crippen LogP contribution in [0.1, 0.15) is 5.82 Å².